The van der Waals surface area contributed by atoms with Crippen LogP contribution in [0.2, 0.25) is 0 Å². The molecule has 0 aromatic rings. The monoisotopic (exact) mass is 494 g/mol. The molecule has 2 aliphatic carbocycles. The van der Waals surface area contributed by atoms with E-state index in [-0.39, 0.29) is 0 Å². The normalized spacial score (nSPS) is 25.0. The molecule has 35 heavy (non-hydrogen) atoms. The summed E-state index contributed by atoms with van der Waals surface area (Å²) < 4.78 is 18.7. The van der Waals surface area contributed by atoms with E-state index in [1.54, 1.807) is 0 Å². The fraction of sp³-hybridized carbons (Fsp3) is 1.00. The lowest BCUT2D eigenvalue weighted by atomic mass is 10.00. The molecule has 2 saturated carbocycles. The number of rotatable bonds is 26. The smallest absolute Gasteiger partial charge is 0.0607 e. The fourth-order valence-corrected chi connectivity index (χ4v) is 5.82. The minimum Gasteiger partial charge on any atom is -0.378 e. The zero-order valence-corrected chi connectivity index (χ0v) is 24.2. The number of hydrogen-bond donors (Lipinski definition) is 0. The maximum absolute atomic E-state index is 6.97. The van der Waals surface area contributed by atoms with Crippen molar-refractivity contribution in [2.75, 3.05) is 13.2 Å². The zero-order valence-electron chi connectivity index (χ0n) is 24.2. The van der Waals surface area contributed by atoms with Crippen LogP contribution in [0.4, 0.5) is 0 Å². The topological polar surface area (TPSA) is 27.7 Å². The lowest BCUT2D eigenvalue weighted by Crippen LogP contribution is -2.23. The predicted octanol–water partition coefficient (Wildman–Crippen LogP) is 9.65. The Bertz CT molecular complexity index is 439. The summed E-state index contributed by atoms with van der Waals surface area (Å²) in [4.78, 5) is 0. The molecular weight excluding hydrogens is 432 g/mol. The van der Waals surface area contributed by atoms with Crippen LogP contribution in [0.15, 0.2) is 0 Å². The predicted molar refractivity (Wildman–Crippen MR) is 150 cm³/mol. The number of ether oxygens (including phenoxy) is 3. The molecule has 0 radical (unpaired) electrons. The minimum atomic E-state index is 0.455. The van der Waals surface area contributed by atoms with Crippen LogP contribution in [0.1, 0.15) is 156 Å². The average Bonchev–Trinajstić information content (AvgIpc) is 3.78. The van der Waals surface area contributed by atoms with Crippen molar-refractivity contribution < 1.29 is 14.2 Å². The molecule has 6 atom stereocenters. The highest BCUT2D eigenvalue weighted by Crippen LogP contribution is 2.40. The molecule has 208 valence electrons. The van der Waals surface area contributed by atoms with Crippen LogP contribution in [-0.4, -0.2) is 37.6 Å². The number of hydrogen-bond acceptors (Lipinski definition) is 3. The van der Waals surface area contributed by atoms with Gasteiger partial charge in [-0.1, -0.05) is 90.9 Å². The summed E-state index contributed by atoms with van der Waals surface area (Å²) in [6.07, 6.45) is 28.6. The van der Waals surface area contributed by atoms with Gasteiger partial charge in [0.2, 0.25) is 0 Å². The molecule has 6 unspecified atom stereocenters. The molecule has 2 aliphatic rings. The highest BCUT2D eigenvalue weighted by Gasteiger charge is 2.39. The van der Waals surface area contributed by atoms with Gasteiger partial charge < -0.3 is 14.2 Å². The molecule has 0 bridgehead atoms. The average molecular weight is 495 g/mol. The van der Waals surface area contributed by atoms with Gasteiger partial charge in [0.1, 0.15) is 0 Å². The van der Waals surface area contributed by atoms with Crippen molar-refractivity contribution in [1.82, 2.24) is 0 Å². The molecule has 0 heterocycles. The summed E-state index contributed by atoms with van der Waals surface area (Å²) >= 11 is 0. The summed E-state index contributed by atoms with van der Waals surface area (Å²) in [5.74, 6) is 1.59. The first-order valence-corrected chi connectivity index (χ1v) is 16.1. The van der Waals surface area contributed by atoms with E-state index >= 15 is 0 Å². The Labute approximate surface area is 219 Å². The van der Waals surface area contributed by atoms with Crippen molar-refractivity contribution in [2.24, 2.45) is 11.8 Å². The van der Waals surface area contributed by atoms with Gasteiger partial charge in [-0.2, -0.15) is 0 Å². The molecule has 0 spiro atoms. The van der Waals surface area contributed by atoms with Gasteiger partial charge in [-0.25, -0.2) is 0 Å². The van der Waals surface area contributed by atoms with E-state index in [0.717, 1.165) is 25.0 Å². The van der Waals surface area contributed by atoms with E-state index in [1.807, 2.05) is 0 Å². The Hall–Kier alpha value is -0.120. The van der Waals surface area contributed by atoms with Gasteiger partial charge in [0, 0.05) is 13.2 Å². The lowest BCUT2D eigenvalue weighted by molar-refractivity contribution is -0.0344. The SMILES string of the molecule is CCCCCCCCC(CCC1CC1OCC)OC(CCCCCCCC)CCC1CC1OCC. The van der Waals surface area contributed by atoms with E-state index in [2.05, 4.69) is 27.7 Å². The van der Waals surface area contributed by atoms with Crippen LogP contribution in [-0.2, 0) is 14.2 Å². The molecule has 0 amide bonds. The molecule has 3 heteroatoms. The third kappa shape index (κ3) is 15.0. The highest BCUT2D eigenvalue weighted by atomic mass is 16.5. The Morgan fingerprint density at radius 1 is 0.514 bits per heavy atom. The zero-order chi connectivity index (χ0) is 25.1. The van der Waals surface area contributed by atoms with Crippen molar-refractivity contribution in [3.63, 3.8) is 0 Å². The van der Waals surface area contributed by atoms with Crippen LogP contribution in [0.5, 0.6) is 0 Å². The van der Waals surface area contributed by atoms with Crippen molar-refractivity contribution in [3.05, 3.63) is 0 Å². The van der Waals surface area contributed by atoms with Crippen molar-refractivity contribution in [1.29, 1.82) is 0 Å². The highest BCUT2D eigenvalue weighted by molar-refractivity contribution is 4.89. The summed E-state index contributed by atoms with van der Waals surface area (Å²) in [7, 11) is 0. The Morgan fingerprint density at radius 3 is 1.31 bits per heavy atom. The molecule has 0 aliphatic heterocycles. The van der Waals surface area contributed by atoms with Crippen molar-refractivity contribution >= 4 is 0 Å². The van der Waals surface area contributed by atoms with Crippen LogP contribution < -0.4 is 0 Å². The maximum Gasteiger partial charge on any atom is 0.0607 e. The van der Waals surface area contributed by atoms with E-state index in [4.69, 9.17) is 14.2 Å². The van der Waals surface area contributed by atoms with E-state index in [9.17, 15) is 0 Å². The quantitative estimate of drug-likeness (QED) is 0.112. The van der Waals surface area contributed by atoms with Gasteiger partial charge in [-0.05, 0) is 77.0 Å². The molecule has 0 N–H and O–H groups in total. The van der Waals surface area contributed by atoms with Gasteiger partial charge in [-0.3, -0.25) is 0 Å². The summed E-state index contributed by atoms with van der Waals surface area (Å²) in [6, 6.07) is 0. The second-order valence-electron chi connectivity index (χ2n) is 11.6. The largest absolute Gasteiger partial charge is 0.378 e. The Kier molecular flexibility index (Phi) is 17.7. The maximum atomic E-state index is 6.97. The molecule has 0 aromatic heterocycles. The fourth-order valence-electron chi connectivity index (χ4n) is 5.82. The van der Waals surface area contributed by atoms with Gasteiger partial charge in [0.25, 0.3) is 0 Å². The first-order chi connectivity index (χ1) is 17.2. The second-order valence-corrected chi connectivity index (χ2v) is 11.6. The van der Waals surface area contributed by atoms with Gasteiger partial charge in [0.15, 0.2) is 0 Å². The van der Waals surface area contributed by atoms with Crippen molar-refractivity contribution in [2.45, 2.75) is 181 Å². The van der Waals surface area contributed by atoms with E-state index < -0.39 is 0 Å². The van der Waals surface area contributed by atoms with Crippen LogP contribution in [0.3, 0.4) is 0 Å². The molecule has 0 saturated heterocycles. The third-order valence-corrected chi connectivity index (χ3v) is 8.34. The molecule has 2 rings (SSSR count). The second kappa shape index (κ2) is 19.9. The molecular formula is C32H62O3. The molecule has 2 fully saturated rings. The van der Waals surface area contributed by atoms with E-state index in [0.29, 0.717) is 24.4 Å². The van der Waals surface area contributed by atoms with Gasteiger partial charge >= 0.3 is 0 Å². The van der Waals surface area contributed by atoms with Gasteiger partial charge in [-0.15, -0.1) is 0 Å². The summed E-state index contributed by atoms with van der Waals surface area (Å²) in [5.41, 5.74) is 0. The lowest BCUT2D eigenvalue weighted by Gasteiger charge is -2.26. The van der Waals surface area contributed by atoms with Crippen molar-refractivity contribution in [3.8, 4) is 0 Å². The van der Waals surface area contributed by atoms with Crippen LogP contribution >= 0.6 is 0 Å². The summed E-state index contributed by atoms with van der Waals surface area (Å²) in [5, 5.41) is 0. The number of unbranched alkanes of at least 4 members (excludes halogenated alkanes) is 10. The van der Waals surface area contributed by atoms with Crippen LogP contribution in [0, 0.1) is 11.8 Å². The Morgan fingerprint density at radius 2 is 0.914 bits per heavy atom. The van der Waals surface area contributed by atoms with Crippen LogP contribution in [0.25, 0.3) is 0 Å². The standard InChI is InChI=1S/C32H62O3/c1-5-9-11-13-15-17-19-29(23-21-27-25-31(27)33-7-3)35-30(20-18-16-14-12-10-6-2)24-22-28-26-32(28)34-8-4/h27-32H,5-26H2,1-4H3. The third-order valence-electron chi connectivity index (χ3n) is 8.34. The molecule has 0 aromatic carbocycles. The minimum absolute atomic E-state index is 0.455. The summed E-state index contributed by atoms with van der Waals surface area (Å²) in [6.45, 7) is 10.6. The first-order valence-electron chi connectivity index (χ1n) is 16.1. The first kappa shape index (κ1) is 31.1. The Balaban J connectivity index is 1.79. The van der Waals surface area contributed by atoms with Gasteiger partial charge in [0.05, 0.1) is 24.4 Å². The van der Waals surface area contributed by atoms with E-state index in [1.165, 1.54) is 128 Å². The molecule has 3 nitrogen and oxygen atoms in total.